The molecule has 0 saturated heterocycles. The Morgan fingerprint density at radius 2 is 2.00 bits per heavy atom. The van der Waals surface area contributed by atoms with Gasteiger partial charge in [-0.3, -0.25) is 4.79 Å². The molecular weight excluding hydrogens is 283 g/mol. The van der Waals surface area contributed by atoms with Crippen molar-refractivity contribution in [1.29, 1.82) is 0 Å². The largest absolute Gasteiger partial charge is 0.297 e. The molecule has 1 heterocycles. The number of aldehydes is 1. The molecule has 0 N–H and O–H groups in total. The highest BCUT2D eigenvalue weighted by molar-refractivity contribution is 8.01. The van der Waals surface area contributed by atoms with E-state index in [4.69, 9.17) is 23.2 Å². The standard InChI is InChI=1S/C11H6Cl2OS2/c12-7-1-3-9(13)10(5-7)16-11-4-2-8(6-14)15-11/h1-6H. The van der Waals surface area contributed by atoms with Gasteiger partial charge in [0.2, 0.25) is 0 Å². The van der Waals surface area contributed by atoms with Crippen molar-refractivity contribution in [2.45, 2.75) is 9.10 Å². The van der Waals surface area contributed by atoms with Gasteiger partial charge < -0.3 is 0 Å². The molecule has 1 nitrogen and oxygen atoms in total. The average Bonchev–Trinajstić information content (AvgIpc) is 2.71. The minimum Gasteiger partial charge on any atom is -0.297 e. The summed E-state index contributed by atoms with van der Waals surface area (Å²) in [4.78, 5) is 12.2. The van der Waals surface area contributed by atoms with E-state index in [0.717, 1.165) is 15.4 Å². The summed E-state index contributed by atoms with van der Waals surface area (Å²) < 4.78 is 1.02. The molecule has 1 aromatic heterocycles. The van der Waals surface area contributed by atoms with E-state index in [1.807, 2.05) is 12.1 Å². The monoisotopic (exact) mass is 288 g/mol. The first-order chi connectivity index (χ1) is 7.69. The fourth-order valence-electron chi connectivity index (χ4n) is 1.12. The molecule has 0 aliphatic heterocycles. The van der Waals surface area contributed by atoms with Crippen molar-refractivity contribution in [2.75, 3.05) is 0 Å². The Labute approximate surface area is 111 Å². The lowest BCUT2D eigenvalue weighted by Crippen LogP contribution is -1.73. The normalized spacial score (nSPS) is 10.4. The SMILES string of the molecule is O=Cc1ccc(Sc2cc(Cl)ccc2Cl)s1. The number of rotatable bonds is 3. The van der Waals surface area contributed by atoms with Gasteiger partial charge in [-0.2, -0.15) is 0 Å². The lowest BCUT2D eigenvalue weighted by molar-refractivity contribution is 0.112. The second-order valence-electron chi connectivity index (χ2n) is 2.95. The summed E-state index contributed by atoms with van der Waals surface area (Å²) in [5.74, 6) is 0. The Hall–Kier alpha value is -0.480. The second kappa shape index (κ2) is 5.23. The van der Waals surface area contributed by atoms with Gasteiger partial charge in [-0.05, 0) is 30.3 Å². The van der Waals surface area contributed by atoms with E-state index in [2.05, 4.69) is 0 Å². The molecule has 0 radical (unpaired) electrons. The van der Waals surface area contributed by atoms with E-state index in [9.17, 15) is 4.79 Å². The van der Waals surface area contributed by atoms with Crippen LogP contribution < -0.4 is 0 Å². The van der Waals surface area contributed by atoms with Crippen LogP contribution in [0.3, 0.4) is 0 Å². The van der Waals surface area contributed by atoms with E-state index < -0.39 is 0 Å². The Morgan fingerprint density at radius 1 is 1.19 bits per heavy atom. The first kappa shape index (κ1) is 12.0. The fraction of sp³-hybridized carbons (Fsp3) is 0. The number of carbonyl (C=O) groups is 1. The number of thiophene rings is 1. The zero-order valence-corrected chi connectivity index (χ0v) is 11.1. The highest BCUT2D eigenvalue weighted by Gasteiger charge is 2.06. The first-order valence-electron chi connectivity index (χ1n) is 4.37. The molecule has 16 heavy (non-hydrogen) atoms. The van der Waals surface area contributed by atoms with Crippen LogP contribution in [0.15, 0.2) is 39.4 Å². The van der Waals surface area contributed by atoms with Crippen molar-refractivity contribution in [3.8, 4) is 0 Å². The van der Waals surface area contributed by atoms with Crippen LogP contribution in [-0.4, -0.2) is 6.29 Å². The van der Waals surface area contributed by atoms with E-state index in [1.165, 1.54) is 23.1 Å². The molecule has 0 aliphatic rings. The predicted octanol–water partition coefficient (Wildman–Crippen LogP) is 5.02. The Bertz CT molecular complexity index is 522. The van der Waals surface area contributed by atoms with Crippen LogP contribution in [0.4, 0.5) is 0 Å². The molecule has 2 rings (SSSR count). The first-order valence-corrected chi connectivity index (χ1v) is 6.76. The van der Waals surface area contributed by atoms with Gasteiger partial charge >= 0.3 is 0 Å². The van der Waals surface area contributed by atoms with Crippen LogP contribution in [0.5, 0.6) is 0 Å². The highest BCUT2D eigenvalue weighted by Crippen LogP contribution is 2.38. The summed E-state index contributed by atoms with van der Waals surface area (Å²) in [6.45, 7) is 0. The van der Waals surface area contributed by atoms with E-state index in [0.29, 0.717) is 14.9 Å². The summed E-state index contributed by atoms with van der Waals surface area (Å²) in [5, 5.41) is 1.31. The lowest BCUT2D eigenvalue weighted by Gasteiger charge is -2.01. The molecule has 0 unspecified atom stereocenters. The van der Waals surface area contributed by atoms with Gasteiger partial charge in [0.1, 0.15) is 0 Å². The average molecular weight is 289 g/mol. The van der Waals surface area contributed by atoms with E-state index >= 15 is 0 Å². The van der Waals surface area contributed by atoms with Crippen molar-refractivity contribution in [2.24, 2.45) is 0 Å². The van der Waals surface area contributed by atoms with Gasteiger partial charge in [0, 0.05) is 9.92 Å². The smallest absolute Gasteiger partial charge is 0.160 e. The quantitative estimate of drug-likeness (QED) is 0.738. The van der Waals surface area contributed by atoms with E-state index in [1.54, 1.807) is 18.2 Å². The fourth-order valence-corrected chi connectivity index (χ4v) is 3.57. The molecular formula is C11H6Cl2OS2. The maximum atomic E-state index is 10.5. The van der Waals surface area contributed by atoms with Crippen molar-refractivity contribution < 1.29 is 4.79 Å². The van der Waals surface area contributed by atoms with E-state index in [-0.39, 0.29) is 0 Å². The molecule has 0 saturated carbocycles. The van der Waals surface area contributed by atoms with Crippen molar-refractivity contribution in [1.82, 2.24) is 0 Å². The summed E-state index contributed by atoms with van der Waals surface area (Å²) in [7, 11) is 0. The number of hydrogen-bond acceptors (Lipinski definition) is 3. The minimum atomic E-state index is 0.652. The Kier molecular flexibility index (Phi) is 3.92. The summed E-state index contributed by atoms with van der Waals surface area (Å²) in [6, 6.07) is 9.02. The Balaban J connectivity index is 2.26. The van der Waals surface area contributed by atoms with Crippen LogP contribution in [0.2, 0.25) is 10.0 Å². The summed E-state index contributed by atoms with van der Waals surface area (Å²) in [5.41, 5.74) is 0. The van der Waals surface area contributed by atoms with Crippen LogP contribution in [0, 0.1) is 0 Å². The zero-order chi connectivity index (χ0) is 11.5. The second-order valence-corrected chi connectivity index (χ2v) is 6.25. The van der Waals surface area contributed by atoms with Gasteiger partial charge in [-0.25, -0.2) is 0 Å². The number of hydrogen-bond donors (Lipinski definition) is 0. The lowest BCUT2D eigenvalue weighted by atomic mass is 10.4. The maximum absolute atomic E-state index is 10.5. The van der Waals surface area contributed by atoms with Gasteiger partial charge in [-0.1, -0.05) is 35.0 Å². The van der Waals surface area contributed by atoms with Gasteiger partial charge in [-0.15, -0.1) is 11.3 Å². The molecule has 82 valence electrons. The third-order valence-electron chi connectivity index (χ3n) is 1.82. The number of carbonyl (C=O) groups excluding carboxylic acids is 1. The summed E-state index contributed by atoms with van der Waals surface area (Å²) in [6.07, 6.45) is 0.842. The topological polar surface area (TPSA) is 17.1 Å². The van der Waals surface area contributed by atoms with Gasteiger partial charge in [0.25, 0.3) is 0 Å². The molecule has 2 aromatic rings. The molecule has 0 atom stereocenters. The molecule has 0 spiro atoms. The van der Waals surface area contributed by atoms with Crippen molar-refractivity contribution >= 4 is 52.6 Å². The van der Waals surface area contributed by atoms with Crippen LogP contribution >= 0.6 is 46.3 Å². The molecule has 0 aliphatic carbocycles. The third kappa shape index (κ3) is 2.80. The number of benzene rings is 1. The predicted molar refractivity (Wildman–Crippen MR) is 70.3 cm³/mol. The maximum Gasteiger partial charge on any atom is 0.160 e. The molecule has 0 bridgehead atoms. The van der Waals surface area contributed by atoms with Crippen molar-refractivity contribution in [3.05, 3.63) is 45.3 Å². The molecule has 0 fully saturated rings. The van der Waals surface area contributed by atoms with Crippen LogP contribution in [0.25, 0.3) is 0 Å². The number of halogens is 2. The minimum absolute atomic E-state index is 0.652. The summed E-state index contributed by atoms with van der Waals surface area (Å²) >= 11 is 14.9. The zero-order valence-electron chi connectivity index (χ0n) is 7.94. The van der Waals surface area contributed by atoms with Crippen molar-refractivity contribution in [3.63, 3.8) is 0 Å². The molecule has 1 aromatic carbocycles. The Morgan fingerprint density at radius 3 is 2.69 bits per heavy atom. The van der Waals surface area contributed by atoms with Crippen LogP contribution in [-0.2, 0) is 0 Å². The highest BCUT2D eigenvalue weighted by atomic mass is 35.5. The third-order valence-corrected chi connectivity index (χ3v) is 4.70. The molecule has 0 amide bonds. The molecule has 5 heteroatoms. The van der Waals surface area contributed by atoms with Gasteiger partial charge in [0.05, 0.1) is 14.1 Å². The van der Waals surface area contributed by atoms with Crippen LogP contribution in [0.1, 0.15) is 9.67 Å². The van der Waals surface area contributed by atoms with Gasteiger partial charge in [0.15, 0.2) is 6.29 Å².